The average molecular weight is 252 g/mol. The van der Waals surface area contributed by atoms with Crippen molar-refractivity contribution < 1.29 is 4.74 Å². The van der Waals surface area contributed by atoms with Crippen molar-refractivity contribution in [2.75, 3.05) is 26.7 Å². The van der Waals surface area contributed by atoms with Crippen LogP contribution in [0.4, 0.5) is 0 Å². The van der Waals surface area contributed by atoms with Gasteiger partial charge in [-0.15, -0.1) is 0 Å². The fourth-order valence-corrected chi connectivity index (χ4v) is 3.60. The molecule has 3 aliphatic rings. The van der Waals surface area contributed by atoms with Gasteiger partial charge in [0.05, 0.1) is 11.7 Å². The van der Waals surface area contributed by atoms with Crippen molar-refractivity contribution >= 4 is 0 Å². The monoisotopic (exact) mass is 252 g/mol. The van der Waals surface area contributed by atoms with Gasteiger partial charge in [0, 0.05) is 25.7 Å². The van der Waals surface area contributed by atoms with Crippen LogP contribution in [0.5, 0.6) is 0 Å². The number of likely N-dealkylation sites (N-methyl/N-ethyl adjacent to an activating group) is 1. The van der Waals surface area contributed by atoms with E-state index in [1.165, 1.54) is 51.4 Å². The standard InChI is InChI=1S/C15H28N2O/c1-17(11-10-16-13-4-5-13)12-14-6-9-15(18-14)7-2-3-8-15/h13-14,16H,2-12H2,1H3. The van der Waals surface area contributed by atoms with Gasteiger partial charge in [0.2, 0.25) is 0 Å². The summed E-state index contributed by atoms with van der Waals surface area (Å²) in [4.78, 5) is 2.44. The zero-order valence-electron chi connectivity index (χ0n) is 11.8. The summed E-state index contributed by atoms with van der Waals surface area (Å²) in [5.41, 5.74) is 0.303. The van der Waals surface area contributed by atoms with E-state index in [0.29, 0.717) is 11.7 Å². The minimum atomic E-state index is 0.303. The second-order valence-corrected chi connectivity index (χ2v) is 6.66. The van der Waals surface area contributed by atoms with Gasteiger partial charge in [-0.05, 0) is 45.6 Å². The van der Waals surface area contributed by atoms with Gasteiger partial charge in [-0.2, -0.15) is 0 Å². The number of rotatable bonds is 6. The summed E-state index contributed by atoms with van der Waals surface area (Å²) in [6.45, 7) is 3.41. The molecule has 0 bridgehead atoms. The molecule has 1 atom stereocenters. The molecule has 0 aromatic rings. The Kier molecular flexibility index (Phi) is 3.92. The van der Waals surface area contributed by atoms with Crippen LogP contribution in [0.2, 0.25) is 0 Å². The van der Waals surface area contributed by atoms with E-state index in [9.17, 15) is 0 Å². The van der Waals surface area contributed by atoms with Crippen LogP contribution < -0.4 is 5.32 Å². The Labute approximate surface area is 111 Å². The molecule has 0 amide bonds. The molecule has 3 heteroatoms. The molecule has 0 radical (unpaired) electrons. The van der Waals surface area contributed by atoms with Crippen LogP contribution in [0.25, 0.3) is 0 Å². The summed E-state index contributed by atoms with van der Waals surface area (Å²) in [5, 5.41) is 3.58. The van der Waals surface area contributed by atoms with E-state index in [1.54, 1.807) is 0 Å². The van der Waals surface area contributed by atoms with Gasteiger partial charge >= 0.3 is 0 Å². The lowest BCUT2D eigenvalue weighted by molar-refractivity contribution is -0.0449. The highest BCUT2D eigenvalue weighted by molar-refractivity contribution is 4.93. The average Bonchev–Trinajstić information content (AvgIpc) is 2.93. The second kappa shape index (κ2) is 5.48. The fourth-order valence-electron chi connectivity index (χ4n) is 3.60. The van der Waals surface area contributed by atoms with E-state index in [1.807, 2.05) is 0 Å². The molecule has 0 aromatic heterocycles. The maximum Gasteiger partial charge on any atom is 0.0710 e. The normalized spacial score (nSPS) is 30.7. The van der Waals surface area contributed by atoms with E-state index in [0.717, 1.165) is 25.7 Å². The maximum atomic E-state index is 6.36. The highest BCUT2D eigenvalue weighted by Crippen LogP contribution is 2.43. The highest BCUT2D eigenvalue weighted by Gasteiger charge is 2.42. The molecule has 3 fully saturated rings. The Morgan fingerprint density at radius 3 is 2.67 bits per heavy atom. The topological polar surface area (TPSA) is 24.5 Å². The number of hydrogen-bond acceptors (Lipinski definition) is 3. The van der Waals surface area contributed by atoms with Gasteiger partial charge in [-0.1, -0.05) is 12.8 Å². The first-order valence-electron chi connectivity index (χ1n) is 7.86. The molecule has 1 spiro atoms. The summed E-state index contributed by atoms with van der Waals surface area (Å²) in [6, 6.07) is 0.836. The third-order valence-corrected chi connectivity index (χ3v) is 4.87. The lowest BCUT2D eigenvalue weighted by atomic mass is 9.98. The molecule has 1 saturated heterocycles. The summed E-state index contributed by atoms with van der Waals surface area (Å²) in [7, 11) is 2.23. The Balaban J connectivity index is 1.34. The van der Waals surface area contributed by atoms with Gasteiger partial charge in [0.25, 0.3) is 0 Å². The Hall–Kier alpha value is -0.120. The van der Waals surface area contributed by atoms with Crippen LogP contribution in [-0.4, -0.2) is 49.3 Å². The molecule has 104 valence electrons. The van der Waals surface area contributed by atoms with Gasteiger partial charge in [0.15, 0.2) is 0 Å². The van der Waals surface area contributed by atoms with E-state index in [-0.39, 0.29) is 0 Å². The SMILES string of the molecule is CN(CCNC1CC1)CC1CCC2(CCCC2)O1. The van der Waals surface area contributed by atoms with Crippen LogP contribution in [0.3, 0.4) is 0 Å². The first kappa shape index (κ1) is 12.9. The van der Waals surface area contributed by atoms with Crippen LogP contribution in [-0.2, 0) is 4.74 Å². The minimum Gasteiger partial charge on any atom is -0.370 e. The third kappa shape index (κ3) is 3.25. The molecule has 2 saturated carbocycles. The molecule has 3 rings (SSSR count). The summed E-state index contributed by atoms with van der Waals surface area (Å²) >= 11 is 0. The summed E-state index contributed by atoms with van der Waals surface area (Å²) < 4.78 is 6.36. The third-order valence-electron chi connectivity index (χ3n) is 4.87. The van der Waals surface area contributed by atoms with Crippen molar-refractivity contribution in [3.05, 3.63) is 0 Å². The molecule has 1 unspecified atom stereocenters. The Morgan fingerprint density at radius 2 is 1.94 bits per heavy atom. The molecule has 1 N–H and O–H groups in total. The van der Waals surface area contributed by atoms with Crippen LogP contribution in [0, 0.1) is 0 Å². The van der Waals surface area contributed by atoms with Crippen molar-refractivity contribution in [1.82, 2.24) is 10.2 Å². The van der Waals surface area contributed by atoms with Crippen molar-refractivity contribution in [3.8, 4) is 0 Å². The Morgan fingerprint density at radius 1 is 1.17 bits per heavy atom. The fraction of sp³-hybridized carbons (Fsp3) is 1.00. The van der Waals surface area contributed by atoms with E-state index >= 15 is 0 Å². The van der Waals surface area contributed by atoms with Crippen LogP contribution in [0.1, 0.15) is 51.4 Å². The van der Waals surface area contributed by atoms with Gasteiger partial charge in [-0.3, -0.25) is 0 Å². The zero-order chi connectivity index (χ0) is 12.4. The first-order chi connectivity index (χ1) is 8.76. The largest absolute Gasteiger partial charge is 0.370 e. The van der Waals surface area contributed by atoms with Crippen molar-refractivity contribution in [3.63, 3.8) is 0 Å². The van der Waals surface area contributed by atoms with Gasteiger partial charge < -0.3 is 15.0 Å². The van der Waals surface area contributed by atoms with Crippen LogP contribution >= 0.6 is 0 Å². The molecule has 2 aliphatic carbocycles. The van der Waals surface area contributed by atoms with Crippen molar-refractivity contribution in [2.45, 2.75) is 69.1 Å². The highest BCUT2D eigenvalue weighted by atomic mass is 16.5. The minimum absolute atomic E-state index is 0.303. The molecule has 1 aliphatic heterocycles. The zero-order valence-corrected chi connectivity index (χ0v) is 11.8. The molecule has 18 heavy (non-hydrogen) atoms. The van der Waals surface area contributed by atoms with Gasteiger partial charge in [0.1, 0.15) is 0 Å². The van der Waals surface area contributed by atoms with Crippen molar-refractivity contribution in [1.29, 1.82) is 0 Å². The maximum absolute atomic E-state index is 6.36. The van der Waals surface area contributed by atoms with E-state index < -0.39 is 0 Å². The number of hydrogen-bond donors (Lipinski definition) is 1. The Bertz CT molecular complexity index is 272. The smallest absolute Gasteiger partial charge is 0.0710 e. The predicted octanol–water partition coefficient (Wildman–Crippen LogP) is 2.16. The van der Waals surface area contributed by atoms with Gasteiger partial charge in [-0.25, -0.2) is 0 Å². The molecule has 1 heterocycles. The lowest BCUT2D eigenvalue weighted by Gasteiger charge is -2.26. The van der Waals surface area contributed by atoms with E-state index in [2.05, 4.69) is 17.3 Å². The molecular formula is C15H28N2O. The predicted molar refractivity (Wildman–Crippen MR) is 73.8 cm³/mol. The lowest BCUT2D eigenvalue weighted by Crippen LogP contribution is -2.36. The number of nitrogens with zero attached hydrogens (tertiary/aromatic N) is 1. The summed E-state index contributed by atoms with van der Waals surface area (Å²) in [5.74, 6) is 0. The molecule has 3 nitrogen and oxygen atoms in total. The van der Waals surface area contributed by atoms with E-state index in [4.69, 9.17) is 4.74 Å². The number of nitrogens with one attached hydrogen (secondary N) is 1. The van der Waals surface area contributed by atoms with Crippen molar-refractivity contribution in [2.24, 2.45) is 0 Å². The quantitative estimate of drug-likeness (QED) is 0.784. The second-order valence-electron chi connectivity index (χ2n) is 6.66. The molecular weight excluding hydrogens is 224 g/mol. The van der Waals surface area contributed by atoms with Crippen LogP contribution in [0.15, 0.2) is 0 Å². The first-order valence-corrected chi connectivity index (χ1v) is 7.86. The number of ether oxygens (including phenoxy) is 1. The molecule has 0 aromatic carbocycles. The summed E-state index contributed by atoms with van der Waals surface area (Å²) in [6.07, 6.45) is 11.3.